The third-order valence-electron chi connectivity index (χ3n) is 5.12. The summed E-state index contributed by atoms with van der Waals surface area (Å²) in [6.07, 6.45) is 5.94. The van der Waals surface area contributed by atoms with Gasteiger partial charge in [-0.25, -0.2) is 0 Å². The smallest absolute Gasteiger partial charge is 0.119 e. The summed E-state index contributed by atoms with van der Waals surface area (Å²) < 4.78 is 6.50. The lowest BCUT2D eigenvalue weighted by atomic mass is 9.88. The summed E-state index contributed by atoms with van der Waals surface area (Å²) in [5.74, 6) is 3.93. The molecule has 3 unspecified atom stereocenters. The van der Waals surface area contributed by atoms with E-state index >= 15 is 0 Å². The fourth-order valence-corrected chi connectivity index (χ4v) is 4.53. The van der Waals surface area contributed by atoms with E-state index in [1.807, 2.05) is 6.07 Å². The highest BCUT2D eigenvalue weighted by Crippen LogP contribution is 2.48. The molecule has 0 amide bonds. The van der Waals surface area contributed by atoms with Gasteiger partial charge in [0, 0.05) is 17.6 Å². The van der Waals surface area contributed by atoms with Crippen molar-refractivity contribution in [3.63, 3.8) is 0 Å². The number of hydrogen-bond donors (Lipinski definition) is 0. The van der Waals surface area contributed by atoms with Gasteiger partial charge >= 0.3 is 0 Å². The van der Waals surface area contributed by atoms with Crippen molar-refractivity contribution in [3.8, 4) is 5.75 Å². The Morgan fingerprint density at radius 2 is 2.15 bits per heavy atom. The Morgan fingerprint density at radius 3 is 2.80 bits per heavy atom. The number of methoxy groups -OCH3 is 1. The topological polar surface area (TPSA) is 12.5 Å². The summed E-state index contributed by atoms with van der Waals surface area (Å²) in [4.78, 5) is 2.48. The molecular formula is C17H24BrNO. The number of rotatable bonds is 5. The summed E-state index contributed by atoms with van der Waals surface area (Å²) >= 11 is 3.65. The van der Waals surface area contributed by atoms with Crippen molar-refractivity contribution in [2.75, 3.05) is 20.7 Å². The average Bonchev–Trinajstić information content (AvgIpc) is 3.03. The van der Waals surface area contributed by atoms with Gasteiger partial charge in [0.1, 0.15) is 5.75 Å². The number of nitrogens with zero attached hydrogens (tertiary/aromatic N) is 1. The van der Waals surface area contributed by atoms with Crippen LogP contribution in [0.15, 0.2) is 22.7 Å². The molecule has 2 fully saturated rings. The van der Waals surface area contributed by atoms with Crippen molar-refractivity contribution in [3.05, 3.63) is 28.2 Å². The minimum Gasteiger partial charge on any atom is -0.497 e. The van der Waals surface area contributed by atoms with E-state index in [1.165, 1.54) is 42.3 Å². The molecule has 0 radical (unpaired) electrons. The molecule has 3 atom stereocenters. The van der Waals surface area contributed by atoms with Crippen LogP contribution >= 0.6 is 15.9 Å². The fraction of sp³-hybridized carbons (Fsp3) is 0.647. The highest BCUT2D eigenvalue weighted by Gasteiger charge is 2.39. The quantitative estimate of drug-likeness (QED) is 0.793. The first-order chi connectivity index (χ1) is 9.65. The van der Waals surface area contributed by atoms with E-state index in [-0.39, 0.29) is 0 Å². The normalized spacial score (nSPS) is 28.3. The zero-order chi connectivity index (χ0) is 14.1. The molecule has 0 aromatic heterocycles. The minimum absolute atomic E-state index is 0.933. The first-order valence-corrected chi connectivity index (χ1v) is 8.46. The van der Waals surface area contributed by atoms with Gasteiger partial charge in [0.2, 0.25) is 0 Å². The van der Waals surface area contributed by atoms with Crippen LogP contribution in [0.3, 0.4) is 0 Å². The Kier molecular flexibility index (Phi) is 4.37. The maximum absolute atomic E-state index is 5.33. The molecule has 0 heterocycles. The van der Waals surface area contributed by atoms with Gasteiger partial charge in [-0.1, -0.05) is 22.4 Å². The minimum atomic E-state index is 0.933. The lowest BCUT2D eigenvalue weighted by molar-refractivity contribution is 0.214. The van der Waals surface area contributed by atoms with Crippen LogP contribution in [0.5, 0.6) is 5.75 Å². The molecule has 2 saturated carbocycles. The molecule has 0 N–H and O–H groups in total. The molecule has 2 bridgehead atoms. The molecule has 3 rings (SSSR count). The van der Waals surface area contributed by atoms with Gasteiger partial charge in [0.15, 0.2) is 0 Å². The van der Waals surface area contributed by atoms with Crippen LogP contribution in [0.25, 0.3) is 0 Å². The SMILES string of the molecule is COc1ccc(Br)c(CN(C)CC2CC3CCC2C3)c1. The van der Waals surface area contributed by atoms with Crippen LogP contribution in [-0.2, 0) is 6.54 Å². The molecule has 1 aromatic carbocycles. The molecule has 2 nitrogen and oxygen atoms in total. The molecule has 20 heavy (non-hydrogen) atoms. The number of halogens is 1. The van der Waals surface area contributed by atoms with Gasteiger partial charge in [-0.3, -0.25) is 0 Å². The molecule has 2 aliphatic carbocycles. The predicted octanol–water partition coefficient (Wildman–Crippen LogP) is 4.33. The lowest BCUT2D eigenvalue weighted by Gasteiger charge is -2.27. The number of benzene rings is 1. The molecule has 3 heteroatoms. The van der Waals surface area contributed by atoms with Gasteiger partial charge in [-0.2, -0.15) is 0 Å². The summed E-state index contributed by atoms with van der Waals surface area (Å²) in [5.41, 5.74) is 1.31. The predicted molar refractivity (Wildman–Crippen MR) is 86.0 cm³/mol. The molecule has 2 aliphatic rings. The molecule has 110 valence electrons. The van der Waals surface area contributed by atoms with Crippen LogP contribution in [0.2, 0.25) is 0 Å². The second-order valence-electron chi connectivity index (χ2n) is 6.59. The van der Waals surface area contributed by atoms with Gasteiger partial charge in [-0.15, -0.1) is 0 Å². The van der Waals surface area contributed by atoms with Crippen molar-refractivity contribution < 1.29 is 4.74 Å². The van der Waals surface area contributed by atoms with Crippen molar-refractivity contribution in [1.82, 2.24) is 4.90 Å². The maximum Gasteiger partial charge on any atom is 0.119 e. The standard InChI is InChI=1S/C17H24BrNO/c1-19(10-14-8-12-3-4-13(14)7-12)11-15-9-16(20-2)5-6-17(15)18/h5-6,9,12-14H,3-4,7-8,10-11H2,1-2H3. The van der Waals surface area contributed by atoms with E-state index < -0.39 is 0 Å². The first kappa shape index (κ1) is 14.4. The Morgan fingerprint density at radius 1 is 1.30 bits per heavy atom. The van der Waals surface area contributed by atoms with E-state index in [4.69, 9.17) is 4.74 Å². The number of hydrogen-bond acceptors (Lipinski definition) is 2. The Balaban J connectivity index is 1.60. The molecule has 0 spiro atoms. The first-order valence-electron chi connectivity index (χ1n) is 7.66. The van der Waals surface area contributed by atoms with Crippen molar-refractivity contribution in [2.24, 2.45) is 17.8 Å². The van der Waals surface area contributed by atoms with Crippen molar-refractivity contribution in [1.29, 1.82) is 0 Å². The van der Waals surface area contributed by atoms with Gasteiger partial charge < -0.3 is 9.64 Å². The van der Waals surface area contributed by atoms with Gasteiger partial charge in [0.05, 0.1) is 7.11 Å². The van der Waals surface area contributed by atoms with E-state index in [0.29, 0.717) is 0 Å². The van der Waals surface area contributed by atoms with Crippen molar-refractivity contribution in [2.45, 2.75) is 32.2 Å². The van der Waals surface area contributed by atoms with Crippen LogP contribution in [0.4, 0.5) is 0 Å². The van der Waals surface area contributed by atoms with E-state index in [2.05, 4.69) is 40.0 Å². The number of ether oxygens (including phenoxy) is 1. The van der Waals surface area contributed by atoms with E-state index in [1.54, 1.807) is 7.11 Å². The molecule has 0 aliphatic heterocycles. The van der Waals surface area contributed by atoms with Crippen LogP contribution in [0.1, 0.15) is 31.2 Å². The van der Waals surface area contributed by atoms with Crippen LogP contribution < -0.4 is 4.74 Å². The second kappa shape index (κ2) is 6.07. The highest BCUT2D eigenvalue weighted by atomic mass is 79.9. The third kappa shape index (κ3) is 3.04. The third-order valence-corrected chi connectivity index (χ3v) is 5.90. The lowest BCUT2D eigenvalue weighted by Crippen LogP contribution is -2.28. The molecular weight excluding hydrogens is 314 g/mol. The summed E-state index contributed by atoms with van der Waals surface area (Å²) in [5, 5.41) is 0. The Hall–Kier alpha value is -0.540. The van der Waals surface area contributed by atoms with Crippen molar-refractivity contribution >= 4 is 15.9 Å². The number of fused-ring (bicyclic) bond motifs is 2. The summed E-state index contributed by atoms with van der Waals surface area (Å²) in [6, 6.07) is 6.23. The molecule has 1 aromatic rings. The van der Waals surface area contributed by atoms with Gasteiger partial charge in [0.25, 0.3) is 0 Å². The van der Waals surface area contributed by atoms with Crippen LogP contribution in [-0.4, -0.2) is 25.6 Å². The largest absolute Gasteiger partial charge is 0.497 e. The van der Waals surface area contributed by atoms with Crippen LogP contribution in [0, 0.1) is 17.8 Å². The highest BCUT2D eigenvalue weighted by molar-refractivity contribution is 9.10. The van der Waals surface area contributed by atoms with E-state index in [0.717, 1.165) is 30.0 Å². The average molecular weight is 338 g/mol. The summed E-state index contributed by atoms with van der Waals surface area (Å²) in [6.45, 7) is 2.23. The zero-order valence-corrected chi connectivity index (χ0v) is 14.0. The molecule has 0 saturated heterocycles. The monoisotopic (exact) mass is 337 g/mol. The second-order valence-corrected chi connectivity index (χ2v) is 7.44. The van der Waals surface area contributed by atoms with Gasteiger partial charge in [-0.05, 0) is 67.8 Å². The Bertz CT molecular complexity index is 476. The Labute approximate surface area is 130 Å². The summed E-state index contributed by atoms with van der Waals surface area (Å²) in [7, 11) is 3.98. The van der Waals surface area contributed by atoms with E-state index in [9.17, 15) is 0 Å². The maximum atomic E-state index is 5.33. The zero-order valence-electron chi connectivity index (χ0n) is 12.4. The fourth-order valence-electron chi connectivity index (χ4n) is 4.15.